The maximum atomic E-state index is 15.6. The summed E-state index contributed by atoms with van der Waals surface area (Å²) in [6, 6.07) is 3.47. The highest BCUT2D eigenvalue weighted by atomic mass is 19.1. The number of anilines is 1. The first-order valence-corrected chi connectivity index (χ1v) is 11.0. The zero-order chi connectivity index (χ0) is 21.8. The zero-order valence-corrected chi connectivity index (χ0v) is 17.5. The van der Waals surface area contributed by atoms with Gasteiger partial charge in [-0.2, -0.15) is 4.39 Å². The molecular weight excluding hydrogens is 414 g/mol. The van der Waals surface area contributed by atoms with Crippen molar-refractivity contribution in [2.45, 2.75) is 38.6 Å². The quantitative estimate of drug-likeness (QED) is 0.457. The fraction of sp³-hybridized carbons (Fsp3) is 0.391. The number of hydrogen-bond acceptors (Lipinski definition) is 6. The molecule has 4 heterocycles. The number of furan rings is 1. The van der Waals surface area contributed by atoms with Crippen LogP contribution in [0.15, 0.2) is 35.2 Å². The molecule has 0 aliphatic heterocycles. The summed E-state index contributed by atoms with van der Waals surface area (Å²) in [6.07, 6.45) is 8.88. The van der Waals surface area contributed by atoms with Crippen LogP contribution in [0, 0.1) is 29.5 Å². The van der Waals surface area contributed by atoms with Crippen LogP contribution in [-0.2, 0) is 0 Å². The van der Waals surface area contributed by atoms with Gasteiger partial charge in [0.05, 0.1) is 18.0 Å². The Morgan fingerprint density at radius 1 is 1.09 bits per heavy atom. The second-order valence-corrected chi connectivity index (χ2v) is 8.83. The highest BCUT2D eigenvalue weighted by Gasteiger charge is 2.41. The van der Waals surface area contributed by atoms with E-state index in [1.165, 1.54) is 19.1 Å². The standard InChI is InChI=1S/C23H22F2N6O/c1-11-12-4-6-13(7-5-12)18(11)29-22-17(25)20(15-3-2-8-32-15)30-21(31-22)14-9-26-23-19(14)28-16(24)10-27-23/h2-3,8-13,18H,4-7H2,1H3,(H,26,27)(H,29,30,31). The molecule has 0 saturated heterocycles. The van der Waals surface area contributed by atoms with Crippen molar-refractivity contribution >= 4 is 17.0 Å². The van der Waals surface area contributed by atoms with Crippen molar-refractivity contribution in [3.8, 4) is 22.8 Å². The number of H-pyrrole nitrogens is 1. The van der Waals surface area contributed by atoms with Crippen LogP contribution in [0.5, 0.6) is 0 Å². The van der Waals surface area contributed by atoms with Gasteiger partial charge in [-0.3, -0.25) is 0 Å². The molecule has 0 spiro atoms. The van der Waals surface area contributed by atoms with Gasteiger partial charge in [-0.25, -0.2) is 24.3 Å². The maximum Gasteiger partial charge on any atom is 0.232 e. The molecule has 4 aromatic rings. The minimum absolute atomic E-state index is 0.0508. The first kappa shape index (κ1) is 19.3. The molecule has 3 aliphatic rings. The lowest BCUT2D eigenvalue weighted by Crippen LogP contribution is -2.47. The summed E-state index contributed by atoms with van der Waals surface area (Å²) in [5.41, 5.74) is 1.19. The van der Waals surface area contributed by atoms with Crippen molar-refractivity contribution in [1.82, 2.24) is 24.9 Å². The van der Waals surface area contributed by atoms with Gasteiger partial charge in [0.25, 0.3) is 0 Å². The Kier molecular flexibility index (Phi) is 4.44. The van der Waals surface area contributed by atoms with E-state index in [4.69, 9.17) is 4.42 Å². The summed E-state index contributed by atoms with van der Waals surface area (Å²) in [6.45, 7) is 2.24. The maximum absolute atomic E-state index is 15.6. The number of rotatable bonds is 4. The van der Waals surface area contributed by atoms with Crippen LogP contribution in [0.25, 0.3) is 34.0 Å². The van der Waals surface area contributed by atoms with Gasteiger partial charge in [0.15, 0.2) is 28.9 Å². The fourth-order valence-corrected chi connectivity index (χ4v) is 5.44. The van der Waals surface area contributed by atoms with Gasteiger partial charge < -0.3 is 14.7 Å². The summed E-state index contributed by atoms with van der Waals surface area (Å²) in [4.78, 5) is 19.9. The molecule has 2 N–H and O–H groups in total. The molecule has 164 valence electrons. The Morgan fingerprint density at radius 3 is 2.66 bits per heavy atom. The molecule has 7 nitrogen and oxygen atoms in total. The summed E-state index contributed by atoms with van der Waals surface area (Å²) in [5.74, 6) is 0.951. The van der Waals surface area contributed by atoms with Crippen LogP contribution in [0.1, 0.15) is 32.6 Å². The van der Waals surface area contributed by atoms with Crippen LogP contribution in [0.4, 0.5) is 14.6 Å². The van der Waals surface area contributed by atoms with Crippen LogP contribution >= 0.6 is 0 Å². The Balaban J connectivity index is 1.48. The van der Waals surface area contributed by atoms with Crippen molar-refractivity contribution in [2.75, 3.05) is 5.32 Å². The summed E-state index contributed by atoms with van der Waals surface area (Å²) in [5, 5.41) is 3.41. The third-order valence-corrected chi connectivity index (χ3v) is 7.14. The van der Waals surface area contributed by atoms with E-state index in [1.54, 1.807) is 18.3 Å². The molecule has 3 fully saturated rings. The van der Waals surface area contributed by atoms with Crippen molar-refractivity contribution in [2.24, 2.45) is 17.8 Å². The van der Waals surface area contributed by atoms with Crippen molar-refractivity contribution in [1.29, 1.82) is 0 Å². The predicted molar refractivity (Wildman–Crippen MR) is 115 cm³/mol. The number of hydrogen-bond donors (Lipinski definition) is 2. The topological polar surface area (TPSA) is 92.5 Å². The van der Waals surface area contributed by atoms with Crippen LogP contribution < -0.4 is 5.32 Å². The van der Waals surface area contributed by atoms with Gasteiger partial charge in [0.1, 0.15) is 11.2 Å². The van der Waals surface area contributed by atoms with Crippen LogP contribution in [0.2, 0.25) is 0 Å². The van der Waals surface area contributed by atoms with Crippen molar-refractivity contribution in [3.05, 3.63) is 42.6 Å². The zero-order valence-electron chi connectivity index (χ0n) is 17.5. The summed E-state index contributed by atoms with van der Waals surface area (Å²) in [7, 11) is 0. The number of halogens is 2. The molecular formula is C23H22F2N6O. The van der Waals surface area contributed by atoms with E-state index < -0.39 is 11.8 Å². The lowest BCUT2D eigenvalue weighted by Gasteiger charge is -2.47. The van der Waals surface area contributed by atoms with Gasteiger partial charge in [-0.05, 0) is 55.6 Å². The van der Waals surface area contributed by atoms with E-state index in [0.717, 1.165) is 19.0 Å². The van der Waals surface area contributed by atoms with Gasteiger partial charge in [0, 0.05) is 12.2 Å². The average molecular weight is 436 g/mol. The van der Waals surface area contributed by atoms with E-state index in [0.29, 0.717) is 34.7 Å². The molecule has 0 aromatic carbocycles. The second-order valence-electron chi connectivity index (χ2n) is 8.83. The average Bonchev–Trinajstić information content (AvgIpc) is 3.48. The van der Waals surface area contributed by atoms with Gasteiger partial charge in [-0.1, -0.05) is 6.92 Å². The number of nitrogens with one attached hydrogen (secondary N) is 2. The van der Waals surface area contributed by atoms with E-state index in [1.807, 2.05) is 0 Å². The number of aromatic nitrogens is 5. The fourth-order valence-electron chi connectivity index (χ4n) is 5.44. The molecule has 0 radical (unpaired) electrons. The lowest BCUT2D eigenvalue weighted by molar-refractivity contribution is 0.0926. The first-order chi connectivity index (χ1) is 15.6. The predicted octanol–water partition coefficient (Wildman–Crippen LogP) is 5.19. The molecule has 3 saturated carbocycles. The minimum atomic E-state index is -0.711. The first-order valence-electron chi connectivity index (χ1n) is 11.0. The minimum Gasteiger partial charge on any atom is -0.463 e. The summed E-state index contributed by atoms with van der Waals surface area (Å²) >= 11 is 0. The van der Waals surface area contributed by atoms with Crippen LogP contribution in [0.3, 0.4) is 0 Å². The third kappa shape index (κ3) is 3.06. The SMILES string of the molecule is CC1C2CCC(CC2)C1Nc1nc(-c2c[nH]c3ncc(F)nc23)nc(-c2ccco2)c1F. The molecule has 4 aromatic heterocycles. The number of fused-ring (bicyclic) bond motifs is 4. The second kappa shape index (κ2) is 7.36. The number of aromatic amines is 1. The third-order valence-electron chi connectivity index (χ3n) is 7.14. The molecule has 3 aliphatic carbocycles. The molecule has 32 heavy (non-hydrogen) atoms. The molecule has 2 bridgehead atoms. The normalized spacial score (nSPS) is 24.8. The summed E-state index contributed by atoms with van der Waals surface area (Å²) < 4.78 is 34.8. The lowest BCUT2D eigenvalue weighted by atomic mass is 9.62. The van der Waals surface area contributed by atoms with E-state index in [2.05, 4.69) is 37.2 Å². The largest absolute Gasteiger partial charge is 0.463 e. The highest BCUT2D eigenvalue weighted by Crippen LogP contribution is 2.46. The van der Waals surface area contributed by atoms with Crippen LogP contribution in [-0.4, -0.2) is 31.0 Å². The Bertz CT molecular complexity index is 1280. The number of nitrogens with zero attached hydrogens (tertiary/aromatic N) is 4. The molecule has 7 rings (SSSR count). The van der Waals surface area contributed by atoms with Gasteiger partial charge in [-0.15, -0.1) is 0 Å². The monoisotopic (exact) mass is 436 g/mol. The van der Waals surface area contributed by atoms with E-state index in [9.17, 15) is 4.39 Å². The van der Waals surface area contributed by atoms with Gasteiger partial charge in [0.2, 0.25) is 5.95 Å². The van der Waals surface area contributed by atoms with E-state index >= 15 is 4.39 Å². The highest BCUT2D eigenvalue weighted by molar-refractivity contribution is 5.88. The van der Waals surface area contributed by atoms with E-state index in [-0.39, 0.29) is 28.9 Å². The Hall–Kier alpha value is -3.36. The van der Waals surface area contributed by atoms with Gasteiger partial charge >= 0.3 is 0 Å². The Labute approximate surface area is 182 Å². The Morgan fingerprint density at radius 2 is 1.91 bits per heavy atom. The van der Waals surface area contributed by atoms with Crippen molar-refractivity contribution < 1.29 is 13.2 Å². The molecule has 9 heteroatoms. The molecule has 2 atom stereocenters. The van der Waals surface area contributed by atoms with Crippen molar-refractivity contribution in [3.63, 3.8) is 0 Å². The smallest absolute Gasteiger partial charge is 0.232 e. The molecule has 0 amide bonds. The molecule has 2 unspecified atom stereocenters.